The molecule has 1 aliphatic rings. The number of thiazole rings is 1. The maximum absolute atomic E-state index is 12.0. The first-order chi connectivity index (χ1) is 17.8. The number of piperidine rings is 1. The first-order valence-corrected chi connectivity index (χ1v) is 13.0. The third-order valence-corrected chi connectivity index (χ3v) is 8.15. The van der Waals surface area contributed by atoms with E-state index in [0.717, 1.165) is 38.4 Å². The predicted octanol–water partition coefficient (Wildman–Crippen LogP) is 5.02. The van der Waals surface area contributed by atoms with Crippen LogP contribution in [-0.2, 0) is 4.79 Å². The van der Waals surface area contributed by atoms with Gasteiger partial charge in [0, 0.05) is 37.6 Å². The highest BCUT2D eigenvalue weighted by atomic mass is 32.1. The molecule has 4 heterocycles. The fraction of sp³-hybridized carbons (Fsp3) is 0.296. The van der Waals surface area contributed by atoms with Gasteiger partial charge in [-0.2, -0.15) is 0 Å². The number of carbonyl (C=O) groups excluding carboxylic acids is 1. The molecule has 1 aliphatic heterocycles. The normalized spacial score (nSPS) is 15.0. The summed E-state index contributed by atoms with van der Waals surface area (Å²) in [5.74, 6) is 0.0686. The van der Waals surface area contributed by atoms with Gasteiger partial charge in [0.15, 0.2) is 5.13 Å². The lowest BCUT2D eigenvalue weighted by Crippen LogP contribution is -2.43. The van der Waals surface area contributed by atoms with Crippen LogP contribution in [0, 0.1) is 5.41 Å². The minimum atomic E-state index is -0.746. The number of hydrogen-bond donors (Lipinski definition) is 2. The van der Waals surface area contributed by atoms with E-state index < -0.39 is 17.4 Å². The van der Waals surface area contributed by atoms with Crippen LogP contribution in [0.5, 0.6) is 0 Å². The SMILES string of the molecule is CCN(C(N)=O)c1nc2cc(-c3ccnc(N4CCC(C)(C(=O)O)CC4)c3)cc(-c3ccccn3)c2s1. The van der Waals surface area contributed by atoms with Gasteiger partial charge in [-0.1, -0.05) is 17.4 Å². The second-order valence-corrected chi connectivity index (χ2v) is 10.4. The summed E-state index contributed by atoms with van der Waals surface area (Å²) in [5, 5.41) is 10.1. The summed E-state index contributed by atoms with van der Waals surface area (Å²) in [6.07, 6.45) is 4.67. The van der Waals surface area contributed by atoms with Crippen molar-refractivity contribution < 1.29 is 14.7 Å². The minimum absolute atomic E-state index is 0.422. The number of pyridine rings is 2. The van der Waals surface area contributed by atoms with E-state index >= 15 is 0 Å². The summed E-state index contributed by atoms with van der Waals surface area (Å²) in [7, 11) is 0. The number of anilines is 2. The van der Waals surface area contributed by atoms with Crippen LogP contribution < -0.4 is 15.5 Å². The van der Waals surface area contributed by atoms with Crippen LogP contribution in [0.15, 0.2) is 54.9 Å². The summed E-state index contributed by atoms with van der Waals surface area (Å²) < 4.78 is 0.926. The molecule has 0 saturated carbocycles. The molecule has 3 aromatic heterocycles. The van der Waals surface area contributed by atoms with E-state index in [-0.39, 0.29) is 0 Å². The van der Waals surface area contributed by atoms with Gasteiger partial charge in [-0.15, -0.1) is 0 Å². The van der Waals surface area contributed by atoms with E-state index in [1.54, 1.807) is 12.4 Å². The lowest BCUT2D eigenvalue weighted by molar-refractivity contribution is -0.149. The summed E-state index contributed by atoms with van der Waals surface area (Å²) in [6, 6.07) is 13.3. The molecule has 1 aromatic carbocycles. The molecule has 5 rings (SSSR count). The Morgan fingerprint density at radius 2 is 1.89 bits per heavy atom. The number of aromatic nitrogens is 3. The summed E-state index contributed by atoms with van der Waals surface area (Å²) >= 11 is 1.42. The van der Waals surface area contributed by atoms with Crippen LogP contribution in [0.2, 0.25) is 0 Å². The molecule has 9 nitrogen and oxygen atoms in total. The first-order valence-electron chi connectivity index (χ1n) is 12.2. The van der Waals surface area contributed by atoms with Gasteiger partial charge in [0.05, 0.1) is 21.3 Å². The molecule has 1 saturated heterocycles. The molecule has 0 bridgehead atoms. The molecule has 37 heavy (non-hydrogen) atoms. The molecule has 2 amide bonds. The molecule has 3 N–H and O–H groups in total. The van der Waals surface area contributed by atoms with Crippen molar-refractivity contribution in [2.45, 2.75) is 26.7 Å². The third-order valence-electron chi connectivity index (χ3n) is 7.02. The minimum Gasteiger partial charge on any atom is -0.481 e. The Bertz CT molecular complexity index is 1460. The number of hydrogen-bond acceptors (Lipinski definition) is 7. The average Bonchev–Trinajstić information content (AvgIpc) is 3.33. The van der Waals surface area contributed by atoms with Gasteiger partial charge in [0.25, 0.3) is 0 Å². The smallest absolute Gasteiger partial charge is 0.321 e. The van der Waals surface area contributed by atoms with Crippen LogP contribution >= 0.6 is 11.3 Å². The molecule has 1 fully saturated rings. The molecule has 190 valence electrons. The predicted molar refractivity (Wildman–Crippen MR) is 146 cm³/mol. The van der Waals surface area contributed by atoms with Crippen LogP contribution in [-0.4, -0.2) is 51.7 Å². The maximum atomic E-state index is 12.0. The van der Waals surface area contributed by atoms with Crippen molar-refractivity contribution in [1.82, 2.24) is 15.0 Å². The van der Waals surface area contributed by atoms with Crippen LogP contribution in [0.4, 0.5) is 15.7 Å². The Morgan fingerprint density at radius 1 is 1.11 bits per heavy atom. The third kappa shape index (κ3) is 4.72. The molecule has 0 radical (unpaired) electrons. The van der Waals surface area contributed by atoms with Crippen molar-refractivity contribution in [3.05, 3.63) is 54.9 Å². The van der Waals surface area contributed by atoms with Crippen LogP contribution in [0.25, 0.3) is 32.6 Å². The zero-order valence-electron chi connectivity index (χ0n) is 20.7. The number of benzene rings is 1. The van der Waals surface area contributed by atoms with Crippen molar-refractivity contribution in [3.63, 3.8) is 0 Å². The number of carbonyl (C=O) groups is 2. The monoisotopic (exact) mass is 516 g/mol. The fourth-order valence-electron chi connectivity index (χ4n) is 4.61. The van der Waals surface area contributed by atoms with Crippen molar-refractivity contribution in [3.8, 4) is 22.4 Å². The average molecular weight is 517 g/mol. The van der Waals surface area contributed by atoms with Crippen molar-refractivity contribution in [2.75, 3.05) is 29.4 Å². The number of carboxylic acid groups (broad SMARTS) is 1. The Morgan fingerprint density at radius 3 is 2.54 bits per heavy atom. The molecule has 0 atom stereocenters. The molecule has 10 heteroatoms. The van der Waals surface area contributed by atoms with Gasteiger partial charge in [0.1, 0.15) is 5.82 Å². The second-order valence-electron chi connectivity index (χ2n) is 9.42. The van der Waals surface area contributed by atoms with E-state index in [1.807, 2.05) is 50.2 Å². The highest BCUT2D eigenvalue weighted by Crippen LogP contribution is 2.40. The van der Waals surface area contributed by atoms with E-state index in [0.29, 0.717) is 37.6 Å². The summed E-state index contributed by atoms with van der Waals surface area (Å²) in [6.45, 7) is 5.36. The lowest BCUT2D eigenvalue weighted by Gasteiger charge is -2.37. The van der Waals surface area contributed by atoms with E-state index in [2.05, 4.69) is 20.9 Å². The van der Waals surface area contributed by atoms with Gasteiger partial charge in [0.2, 0.25) is 0 Å². The number of nitrogens with two attached hydrogens (primary N) is 1. The molecule has 0 aliphatic carbocycles. The Kier molecular flexibility index (Phi) is 6.51. The van der Waals surface area contributed by atoms with E-state index in [1.165, 1.54) is 16.2 Å². The number of nitrogens with zero attached hydrogens (tertiary/aromatic N) is 5. The molecule has 4 aromatic rings. The number of urea groups is 1. The van der Waals surface area contributed by atoms with Crippen molar-refractivity contribution in [2.24, 2.45) is 11.1 Å². The number of fused-ring (bicyclic) bond motifs is 1. The fourth-order valence-corrected chi connectivity index (χ4v) is 5.75. The highest BCUT2D eigenvalue weighted by molar-refractivity contribution is 7.23. The molecular formula is C27H28N6O3S. The van der Waals surface area contributed by atoms with Gasteiger partial charge in [-0.25, -0.2) is 14.8 Å². The Labute approximate surface area is 218 Å². The standard InChI is InChI=1S/C27H28N6O3S/c1-3-33(25(28)36)26-31-21-15-18(14-19(23(21)37-26)20-6-4-5-10-29-20)17-7-11-30-22(16-17)32-12-8-27(2,9-13-32)24(34)35/h4-7,10-11,14-16H,3,8-9,12-13H2,1-2H3,(H2,28,36)(H,34,35). The van der Waals surface area contributed by atoms with Gasteiger partial charge in [-0.05, 0) is 74.2 Å². The van der Waals surface area contributed by atoms with Crippen molar-refractivity contribution >= 4 is 44.5 Å². The number of rotatable bonds is 6. The lowest BCUT2D eigenvalue weighted by atomic mass is 9.80. The van der Waals surface area contributed by atoms with E-state index in [9.17, 15) is 14.7 Å². The van der Waals surface area contributed by atoms with Gasteiger partial charge >= 0.3 is 12.0 Å². The van der Waals surface area contributed by atoms with Crippen LogP contribution in [0.3, 0.4) is 0 Å². The molecular weight excluding hydrogens is 488 g/mol. The Hall–Kier alpha value is -4.05. The zero-order chi connectivity index (χ0) is 26.2. The first kappa shape index (κ1) is 24.6. The molecule has 0 unspecified atom stereocenters. The summed E-state index contributed by atoms with van der Waals surface area (Å²) in [4.78, 5) is 41.1. The quantitative estimate of drug-likeness (QED) is 0.369. The van der Waals surface area contributed by atoms with Gasteiger partial charge in [-0.3, -0.25) is 14.7 Å². The largest absolute Gasteiger partial charge is 0.481 e. The zero-order valence-corrected chi connectivity index (χ0v) is 21.5. The molecule has 0 spiro atoms. The number of primary amides is 1. The Balaban J connectivity index is 1.56. The van der Waals surface area contributed by atoms with Gasteiger partial charge < -0.3 is 15.7 Å². The number of aliphatic carboxylic acids is 1. The van der Waals surface area contributed by atoms with Crippen LogP contribution in [0.1, 0.15) is 26.7 Å². The number of carboxylic acids is 1. The van der Waals surface area contributed by atoms with E-state index in [4.69, 9.17) is 10.7 Å². The topological polar surface area (TPSA) is 126 Å². The number of amides is 2. The summed E-state index contributed by atoms with van der Waals surface area (Å²) in [5.41, 5.74) is 9.29. The highest BCUT2D eigenvalue weighted by Gasteiger charge is 2.37. The second kappa shape index (κ2) is 9.78. The van der Waals surface area contributed by atoms with Crippen molar-refractivity contribution in [1.29, 1.82) is 0 Å². The maximum Gasteiger partial charge on any atom is 0.321 e.